The largest absolute Gasteiger partial charge is 0.469 e. The number of rotatable bonds is 5. The van der Waals surface area contributed by atoms with E-state index in [4.69, 9.17) is 4.74 Å². The molecule has 2 aromatic rings. The molecule has 0 spiro atoms. The number of carbonyl (C=O) groups excluding carboxylic acids is 1. The molecule has 142 valence electrons. The number of methoxy groups -OCH3 is 1. The number of ether oxygens (including phenoxy) is 1. The molecule has 0 amide bonds. The van der Waals surface area contributed by atoms with Crippen LogP contribution < -0.4 is 5.56 Å². The van der Waals surface area contributed by atoms with Gasteiger partial charge in [0, 0.05) is 55.5 Å². The first-order valence-electron chi connectivity index (χ1n) is 9.59. The Morgan fingerprint density at radius 1 is 1.26 bits per heavy atom. The zero-order valence-corrected chi connectivity index (χ0v) is 15.6. The second-order valence-electron chi connectivity index (χ2n) is 7.57. The van der Waals surface area contributed by atoms with Gasteiger partial charge in [0.15, 0.2) is 0 Å². The van der Waals surface area contributed by atoms with Crippen molar-refractivity contribution in [1.29, 1.82) is 0 Å². The number of esters is 1. The van der Waals surface area contributed by atoms with Crippen molar-refractivity contribution < 1.29 is 9.53 Å². The minimum Gasteiger partial charge on any atom is -0.469 e. The highest BCUT2D eigenvalue weighted by Crippen LogP contribution is 2.36. The highest BCUT2D eigenvalue weighted by molar-refractivity contribution is 5.69. The van der Waals surface area contributed by atoms with Crippen molar-refractivity contribution in [3.05, 3.63) is 52.6 Å². The number of fused-ring (bicyclic) bond motifs is 4. The van der Waals surface area contributed by atoms with Crippen molar-refractivity contribution in [2.75, 3.05) is 26.7 Å². The number of hydrogen-bond acceptors (Lipinski definition) is 5. The third-order valence-corrected chi connectivity index (χ3v) is 5.68. The molecule has 0 saturated carbocycles. The summed E-state index contributed by atoms with van der Waals surface area (Å²) in [5, 5.41) is 0. The van der Waals surface area contributed by atoms with Gasteiger partial charge in [-0.05, 0) is 43.5 Å². The minimum atomic E-state index is -0.149. The van der Waals surface area contributed by atoms with E-state index in [1.807, 2.05) is 22.8 Å². The first-order valence-corrected chi connectivity index (χ1v) is 9.59. The summed E-state index contributed by atoms with van der Waals surface area (Å²) >= 11 is 0. The Morgan fingerprint density at radius 3 is 2.93 bits per heavy atom. The zero-order chi connectivity index (χ0) is 18.8. The zero-order valence-electron chi connectivity index (χ0n) is 15.6. The molecule has 2 aliphatic heterocycles. The van der Waals surface area contributed by atoms with E-state index in [1.165, 1.54) is 7.11 Å². The van der Waals surface area contributed by atoms with Crippen LogP contribution in [0, 0.1) is 5.92 Å². The van der Waals surface area contributed by atoms with Crippen LogP contribution in [0.15, 0.2) is 41.3 Å². The van der Waals surface area contributed by atoms with Gasteiger partial charge in [0.05, 0.1) is 12.8 Å². The van der Waals surface area contributed by atoms with Gasteiger partial charge in [-0.15, -0.1) is 0 Å². The molecule has 2 atom stereocenters. The van der Waals surface area contributed by atoms with Gasteiger partial charge in [-0.2, -0.15) is 0 Å². The van der Waals surface area contributed by atoms with Crippen LogP contribution >= 0.6 is 0 Å². The molecule has 2 aromatic heterocycles. The quantitative estimate of drug-likeness (QED) is 0.759. The van der Waals surface area contributed by atoms with Gasteiger partial charge in [-0.3, -0.25) is 14.6 Å². The highest BCUT2D eigenvalue weighted by atomic mass is 16.5. The summed E-state index contributed by atoms with van der Waals surface area (Å²) in [5.41, 5.74) is 2.93. The fourth-order valence-electron chi connectivity index (χ4n) is 4.47. The van der Waals surface area contributed by atoms with E-state index < -0.39 is 0 Å². The summed E-state index contributed by atoms with van der Waals surface area (Å²) < 4.78 is 6.68. The van der Waals surface area contributed by atoms with Crippen molar-refractivity contribution in [2.45, 2.75) is 31.7 Å². The van der Waals surface area contributed by atoms with Crippen molar-refractivity contribution >= 4 is 5.97 Å². The van der Waals surface area contributed by atoms with E-state index in [0.717, 1.165) is 56.0 Å². The number of pyridine rings is 2. The van der Waals surface area contributed by atoms with Gasteiger partial charge in [0.1, 0.15) is 0 Å². The molecule has 1 fully saturated rings. The number of nitrogens with zero attached hydrogens (tertiary/aromatic N) is 3. The molecule has 27 heavy (non-hydrogen) atoms. The van der Waals surface area contributed by atoms with E-state index in [1.54, 1.807) is 12.3 Å². The maximum atomic E-state index is 12.7. The molecule has 6 heteroatoms. The third-order valence-electron chi connectivity index (χ3n) is 5.68. The van der Waals surface area contributed by atoms with Crippen molar-refractivity contribution in [3.8, 4) is 11.3 Å². The number of hydrogen-bond donors (Lipinski definition) is 0. The average molecular weight is 367 g/mol. The number of likely N-dealkylation sites (tertiary alicyclic amines) is 1. The smallest absolute Gasteiger partial charge is 0.305 e. The van der Waals surface area contributed by atoms with Crippen LogP contribution in [0.4, 0.5) is 0 Å². The second kappa shape index (κ2) is 7.64. The lowest BCUT2D eigenvalue weighted by atomic mass is 9.82. The average Bonchev–Trinajstić information content (AvgIpc) is 2.69. The van der Waals surface area contributed by atoms with Crippen LogP contribution in [0.25, 0.3) is 11.3 Å². The third kappa shape index (κ3) is 3.81. The number of carbonyl (C=O) groups is 1. The Bertz CT molecular complexity index is 878. The normalized spacial score (nSPS) is 21.5. The van der Waals surface area contributed by atoms with Crippen molar-refractivity contribution in [3.63, 3.8) is 0 Å². The Kier molecular flexibility index (Phi) is 5.07. The molecule has 0 unspecified atom stereocenters. The van der Waals surface area contributed by atoms with Crippen LogP contribution in [0.3, 0.4) is 0 Å². The molecule has 6 nitrogen and oxygen atoms in total. The van der Waals surface area contributed by atoms with Crippen LogP contribution in [0.2, 0.25) is 0 Å². The lowest BCUT2D eigenvalue weighted by molar-refractivity contribution is -0.140. The minimum absolute atomic E-state index is 0.0713. The summed E-state index contributed by atoms with van der Waals surface area (Å²) in [7, 11) is 1.43. The number of aromatic nitrogens is 2. The monoisotopic (exact) mass is 367 g/mol. The molecule has 2 bridgehead atoms. The van der Waals surface area contributed by atoms with E-state index in [9.17, 15) is 9.59 Å². The maximum Gasteiger partial charge on any atom is 0.305 e. The Balaban J connectivity index is 1.54. The van der Waals surface area contributed by atoms with Gasteiger partial charge >= 0.3 is 5.97 Å². The molecule has 4 rings (SSSR count). The lowest BCUT2D eigenvalue weighted by Crippen LogP contribution is -2.47. The summed E-state index contributed by atoms with van der Waals surface area (Å²) in [6.07, 6.45) is 4.15. The lowest BCUT2D eigenvalue weighted by Gasteiger charge is -2.43. The van der Waals surface area contributed by atoms with Gasteiger partial charge in [0.25, 0.3) is 5.56 Å². The van der Waals surface area contributed by atoms with Gasteiger partial charge in [-0.1, -0.05) is 6.07 Å². The Labute approximate surface area is 158 Å². The standard InChI is InChI=1S/C21H25N3O3/c1-27-21(26)6-4-8-23-12-15-9-17(14-23)19-10-16(11-20(25)24(19)13-15)18-5-2-3-7-22-18/h2-3,5,7,10-11,15,17H,4,6,8-9,12-14H2,1H3/t15-,17+/m0/s1. The maximum absolute atomic E-state index is 12.7. The van der Waals surface area contributed by atoms with Crippen LogP contribution in [0.5, 0.6) is 0 Å². The van der Waals surface area contributed by atoms with E-state index in [0.29, 0.717) is 18.3 Å². The molecule has 2 aliphatic rings. The molecule has 0 aliphatic carbocycles. The molecule has 0 aromatic carbocycles. The molecular weight excluding hydrogens is 342 g/mol. The fraction of sp³-hybridized carbons (Fsp3) is 0.476. The fourth-order valence-corrected chi connectivity index (χ4v) is 4.47. The summed E-state index contributed by atoms with van der Waals surface area (Å²) in [5.74, 6) is 0.698. The van der Waals surface area contributed by atoms with Gasteiger partial charge in [-0.25, -0.2) is 0 Å². The van der Waals surface area contributed by atoms with Crippen LogP contribution in [-0.2, 0) is 16.1 Å². The van der Waals surface area contributed by atoms with E-state index in [2.05, 4.69) is 16.0 Å². The topological polar surface area (TPSA) is 64.4 Å². The summed E-state index contributed by atoms with van der Waals surface area (Å²) in [6.45, 7) is 3.60. The first-order chi connectivity index (χ1) is 13.1. The molecule has 4 heterocycles. The SMILES string of the molecule is COC(=O)CCCN1C[C@@H]2C[C@H](C1)c1cc(-c3ccccn3)cc(=O)n1C2. The molecule has 0 radical (unpaired) electrons. The Hall–Kier alpha value is -2.47. The van der Waals surface area contributed by atoms with Gasteiger partial charge < -0.3 is 14.2 Å². The van der Waals surface area contributed by atoms with E-state index in [-0.39, 0.29) is 11.5 Å². The molecule has 0 N–H and O–H groups in total. The highest BCUT2D eigenvalue weighted by Gasteiger charge is 2.34. The first kappa shape index (κ1) is 17.9. The summed E-state index contributed by atoms with van der Waals surface area (Å²) in [4.78, 5) is 30.9. The van der Waals surface area contributed by atoms with Crippen LogP contribution in [0.1, 0.15) is 30.9 Å². The van der Waals surface area contributed by atoms with Gasteiger partial charge in [0.2, 0.25) is 0 Å². The van der Waals surface area contributed by atoms with Crippen LogP contribution in [-0.4, -0.2) is 47.2 Å². The van der Waals surface area contributed by atoms with Crippen molar-refractivity contribution in [2.24, 2.45) is 5.92 Å². The Morgan fingerprint density at radius 2 is 2.15 bits per heavy atom. The second-order valence-corrected chi connectivity index (χ2v) is 7.57. The van der Waals surface area contributed by atoms with Crippen molar-refractivity contribution in [1.82, 2.24) is 14.5 Å². The van der Waals surface area contributed by atoms with E-state index >= 15 is 0 Å². The predicted molar refractivity (Wildman–Crippen MR) is 102 cm³/mol. The molecular formula is C21H25N3O3. The number of piperidine rings is 1. The predicted octanol–water partition coefficient (Wildman–Crippen LogP) is 2.28. The summed E-state index contributed by atoms with van der Waals surface area (Å²) in [6, 6.07) is 9.62. The molecule has 1 saturated heterocycles.